The van der Waals surface area contributed by atoms with E-state index in [1.807, 2.05) is 0 Å². The second kappa shape index (κ2) is 7.25. The molecule has 0 aromatic heterocycles. The summed E-state index contributed by atoms with van der Waals surface area (Å²) in [6.45, 7) is 11.2. The Labute approximate surface area is 101 Å². The Morgan fingerprint density at radius 1 is 1.44 bits per heavy atom. The Hall–Kier alpha value is -0.120. The van der Waals surface area contributed by atoms with E-state index in [4.69, 9.17) is 4.74 Å². The molecule has 0 spiro atoms. The number of ether oxygens (including phenoxy) is 1. The maximum absolute atomic E-state index is 5.30. The number of hydrogen-bond donors (Lipinski definition) is 1. The Kier molecular flexibility index (Phi) is 6.32. The first-order valence-electron chi connectivity index (χ1n) is 6.63. The molecule has 3 heteroatoms. The van der Waals surface area contributed by atoms with Crippen LogP contribution in [0.15, 0.2) is 0 Å². The van der Waals surface area contributed by atoms with E-state index >= 15 is 0 Å². The van der Waals surface area contributed by atoms with Crippen LogP contribution in [0.1, 0.15) is 33.6 Å². The lowest BCUT2D eigenvalue weighted by Crippen LogP contribution is -2.55. The number of nitrogens with zero attached hydrogens (tertiary/aromatic N) is 1. The van der Waals surface area contributed by atoms with Crippen molar-refractivity contribution in [2.75, 3.05) is 33.4 Å². The van der Waals surface area contributed by atoms with Crippen molar-refractivity contribution in [1.82, 2.24) is 10.2 Å². The molecule has 16 heavy (non-hydrogen) atoms. The van der Waals surface area contributed by atoms with E-state index < -0.39 is 0 Å². The third-order valence-electron chi connectivity index (χ3n) is 3.39. The van der Waals surface area contributed by atoms with Gasteiger partial charge in [-0.25, -0.2) is 0 Å². The fraction of sp³-hybridized carbons (Fsp3) is 1.00. The second-order valence-electron chi connectivity index (χ2n) is 5.29. The van der Waals surface area contributed by atoms with E-state index in [0.717, 1.165) is 25.6 Å². The average Bonchev–Trinajstić information content (AvgIpc) is 2.25. The van der Waals surface area contributed by atoms with Crippen LogP contribution in [0, 0.1) is 5.92 Å². The first kappa shape index (κ1) is 13.9. The van der Waals surface area contributed by atoms with Crippen molar-refractivity contribution in [3.63, 3.8) is 0 Å². The molecular weight excluding hydrogens is 200 g/mol. The first-order valence-corrected chi connectivity index (χ1v) is 6.63. The molecular formula is C13H28N2O. The zero-order chi connectivity index (χ0) is 12.0. The summed E-state index contributed by atoms with van der Waals surface area (Å²) in [4.78, 5) is 2.59. The highest BCUT2D eigenvalue weighted by atomic mass is 16.5. The van der Waals surface area contributed by atoms with Crippen LogP contribution in [0.5, 0.6) is 0 Å². The minimum Gasteiger partial charge on any atom is -0.383 e. The molecule has 0 saturated carbocycles. The van der Waals surface area contributed by atoms with Crippen molar-refractivity contribution < 1.29 is 4.74 Å². The van der Waals surface area contributed by atoms with Gasteiger partial charge in [-0.2, -0.15) is 0 Å². The maximum Gasteiger partial charge on any atom is 0.0617 e. The highest BCUT2D eigenvalue weighted by Gasteiger charge is 2.24. The van der Waals surface area contributed by atoms with E-state index in [1.165, 1.54) is 19.4 Å². The molecule has 0 aliphatic carbocycles. The van der Waals surface area contributed by atoms with Gasteiger partial charge in [-0.3, -0.25) is 4.90 Å². The van der Waals surface area contributed by atoms with E-state index in [9.17, 15) is 0 Å². The summed E-state index contributed by atoms with van der Waals surface area (Å²) in [6.07, 6.45) is 2.46. The summed E-state index contributed by atoms with van der Waals surface area (Å²) >= 11 is 0. The predicted molar refractivity (Wildman–Crippen MR) is 68.8 cm³/mol. The molecule has 0 aromatic carbocycles. The summed E-state index contributed by atoms with van der Waals surface area (Å²) in [5.74, 6) is 0.778. The van der Waals surface area contributed by atoms with Crippen LogP contribution in [-0.2, 0) is 4.74 Å². The largest absolute Gasteiger partial charge is 0.383 e. The fourth-order valence-corrected chi connectivity index (χ4v) is 2.58. The normalized spacial score (nSPS) is 24.9. The molecule has 0 amide bonds. The van der Waals surface area contributed by atoms with Crippen molar-refractivity contribution in [2.45, 2.75) is 45.7 Å². The van der Waals surface area contributed by atoms with Crippen LogP contribution in [0.25, 0.3) is 0 Å². The zero-order valence-corrected chi connectivity index (χ0v) is 11.3. The topological polar surface area (TPSA) is 24.5 Å². The smallest absolute Gasteiger partial charge is 0.0617 e. The first-order chi connectivity index (χ1) is 7.67. The molecule has 0 aromatic rings. The molecule has 2 atom stereocenters. The zero-order valence-electron chi connectivity index (χ0n) is 11.3. The molecule has 1 rings (SSSR count). The van der Waals surface area contributed by atoms with Gasteiger partial charge in [0.25, 0.3) is 0 Å². The molecule has 0 radical (unpaired) electrons. The third kappa shape index (κ3) is 4.40. The van der Waals surface area contributed by atoms with Gasteiger partial charge in [-0.1, -0.05) is 20.8 Å². The van der Waals surface area contributed by atoms with Crippen molar-refractivity contribution in [2.24, 2.45) is 5.92 Å². The maximum atomic E-state index is 5.30. The average molecular weight is 228 g/mol. The van der Waals surface area contributed by atoms with E-state index in [-0.39, 0.29) is 0 Å². The standard InChI is InChI=1S/C13H28N2O/c1-5-13(10-16-4)15-7-6-14-12(9-15)8-11(2)3/h11-14H,5-10H2,1-4H3. The van der Waals surface area contributed by atoms with Gasteiger partial charge in [0, 0.05) is 38.8 Å². The quantitative estimate of drug-likeness (QED) is 0.749. The van der Waals surface area contributed by atoms with Crippen LogP contribution in [0.4, 0.5) is 0 Å². The molecule has 96 valence electrons. The minimum absolute atomic E-state index is 0.599. The monoisotopic (exact) mass is 228 g/mol. The van der Waals surface area contributed by atoms with Crippen molar-refractivity contribution in [3.8, 4) is 0 Å². The number of hydrogen-bond acceptors (Lipinski definition) is 3. The molecule has 0 bridgehead atoms. The van der Waals surface area contributed by atoms with Crippen molar-refractivity contribution in [3.05, 3.63) is 0 Å². The van der Waals surface area contributed by atoms with Gasteiger partial charge in [0.15, 0.2) is 0 Å². The van der Waals surface area contributed by atoms with Gasteiger partial charge in [0.1, 0.15) is 0 Å². The van der Waals surface area contributed by atoms with Crippen molar-refractivity contribution in [1.29, 1.82) is 0 Å². The third-order valence-corrected chi connectivity index (χ3v) is 3.39. The number of rotatable bonds is 6. The van der Waals surface area contributed by atoms with E-state index in [1.54, 1.807) is 7.11 Å². The predicted octanol–water partition coefficient (Wildman–Crippen LogP) is 1.73. The molecule has 2 unspecified atom stereocenters. The van der Waals surface area contributed by atoms with Crippen LogP contribution in [0.3, 0.4) is 0 Å². The molecule has 1 aliphatic rings. The van der Waals surface area contributed by atoms with Gasteiger partial charge >= 0.3 is 0 Å². The van der Waals surface area contributed by atoms with Crippen LogP contribution < -0.4 is 5.32 Å². The molecule has 1 saturated heterocycles. The Morgan fingerprint density at radius 3 is 2.75 bits per heavy atom. The van der Waals surface area contributed by atoms with E-state index in [2.05, 4.69) is 31.0 Å². The summed E-state index contributed by atoms with van der Waals surface area (Å²) in [5.41, 5.74) is 0. The summed E-state index contributed by atoms with van der Waals surface area (Å²) in [6, 6.07) is 1.27. The SMILES string of the molecule is CCC(COC)N1CCNC(CC(C)C)C1. The number of methoxy groups -OCH3 is 1. The second-order valence-corrected chi connectivity index (χ2v) is 5.29. The van der Waals surface area contributed by atoms with Gasteiger partial charge in [-0.05, 0) is 18.8 Å². The van der Waals surface area contributed by atoms with Crippen LogP contribution >= 0.6 is 0 Å². The lowest BCUT2D eigenvalue weighted by Gasteiger charge is -2.39. The molecule has 1 fully saturated rings. The summed E-state index contributed by atoms with van der Waals surface area (Å²) in [5, 5.41) is 3.62. The van der Waals surface area contributed by atoms with E-state index in [0.29, 0.717) is 12.1 Å². The van der Waals surface area contributed by atoms with Crippen molar-refractivity contribution >= 4 is 0 Å². The number of piperazine rings is 1. The molecule has 1 heterocycles. The van der Waals surface area contributed by atoms with Crippen LogP contribution in [-0.4, -0.2) is 50.3 Å². The highest BCUT2D eigenvalue weighted by molar-refractivity contribution is 4.83. The molecule has 1 aliphatic heterocycles. The Bertz CT molecular complexity index is 185. The molecule has 3 nitrogen and oxygen atoms in total. The minimum atomic E-state index is 0.599. The molecule has 1 N–H and O–H groups in total. The highest BCUT2D eigenvalue weighted by Crippen LogP contribution is 2.13. The van der Waals surface area contributed by atoms with Crippen LogP contribution in [0.2, 0.25) is 0 Å². The summed E-state index contributed by atoms with van der Waals surface area (Å²) < 4.78 is 5.30. The summed E-state index contributed by atoms with van der Waals surface area (Å²) in [7, 11) is 1.80. The Morgan fingerprint density at radius 2 is 2.19 bits per heavy atom. The van der Waals surface area contributed by atoms with Gasteiger partial charge < -0.3 is 10.1 Å². The van der Waals surface area contributed by atoms with Gasteiger partial charge in [0.2, 0.25) is 0 Å². The van der Waals surface area contributed by atoms with Gasteiger partial charge in [0.05, 0.1) is 6.61 Å². The number of nitrogens with one attached hydrogen (secondary N) is 1. The Balaban J connectivity index is 2.41. The lowest BCUT2D eigenvalue weighted by molar-refractivity contribution is 0.0645. The van der Waals surface area contributed by atoms with Gasteiger partial charge in [-0.15, -0.1) is 0 Å². The fourth-order valence-electron chi connectivity index (χ4n) is 2.58. The lowest BCUT2D eigenvalue weighted by atomic mass is 10.0.